The van der Waals surface area contributed by atoms with Crippen LogP contribution in [0.1, 0.15) is 19.4 Å². The average molecular weight is 228 g/mol. The maximum absolute atomic E-state index is 11.3. The molecule has 82 valence electrons. The lowest BCUT2D eigenvalue weighted by Crippen LogP contribution is -2.12. The molecule has 0 unspecified atom stereocenters. The van der Waals surface area contributed by atoms with Gasteiger partial charge in [0.2, 0.25) is 0 Å². The summed E-state index contributed by atoms with van der Waals surface area (Å²) in [6, 6.07) is 1.71. The van der Waals surface area contributed by atoms with Crippen molar-refractivity contribution in [2.45, 2.75) is 20.3 Å². The van der Waals surface area contributed by atoms with Crippen molar-refractivity contribution < 1.29 is 9.53 Å². The quantitative estimate of drug-likeness (QED) is 0.742. The van der Waals surface area contributed by atoms with E-state index in [1.165, 1.54) is 6.20 Å². The van der Waals surface area contributed by atoms with Crippen molar-refractivity contribution >= 4 is 17.6 Å². The Bertz CT molecular complexity index is 339. The van der Waals surface area contributed by atoms with Crippen LogP contribution in [0.25, 0.3) is 0 Å². The molecule has 0 aromatic carbocycles. The van der Waals surface area contributed by atoms with Gasteiger partial charge in [-0.05, 0) is 17.5 Å². The van der Waals surface area contributed by atoms with E-state index < -0.39 is 0 Å². The number of hydrogen-bond acceptors (Lipinski definition) is 3. The van der Waals surface area contributed by atoms with Gasteiger partial charge in [-0.2, -0.15) is 0 Å². The number of halogens is 1. The highest BCUT2D eigenvalue weighted by molar-refractivity contribution is 6.30. The van der Waals surface area contributed by atoms with Crippen LogP contribution in [-0.4, -0.2) is 17.6 Å². The summed E-state index contributed by atoms with van der Waals surface area (Å²) in [5, 5.41) is 0.532. The van der Waals surface area contributed by atoms with Crippen LogP contribution in [0, 0.1) is 5.92 Å². The lowest BCUT2D eigenvalue weighted by atomic mass is 10.2. The van der Waals surface area contributed by atoms with Crippen LogP contribution in [0.2, 0.25) is 5.02 Å². The minimum Gasteiger partial charge on any atom is -0.465 e. The maximum atomic E-state index is 11.3. The van der Waals surface area contributed by atoms with Crippen molar-refractivity contribution in [3.05, 3.63) is 29.0 Å². The lowest BCUT2D eigenvalue weighted by Gasteiger charge is -2.06. The summed E-state index contributed by atoms with van der Waals surface area (Å²) >= 11 is 5.74. The molecular formula is C11H14ClNO2. The van der Waals surface area contributed by atoms with Crippen LogP contribution in [0.5, 0.6) is 0 Å². The molecule has 0 aliphatic heterocycles. The summed E-state index contributed by atoms with van der Waals surface area (Å²) in [6.45, 7) is 4.44. The van der Waals surface area contributed by atoms with Crippen molar-refractivity contribution in [3.63, 3.8) is 0 Å². The van der Waals surface area contributed by atoms with Crippen LogP contribution in [-0.2, 0) is 16.0 Å². The molecule has 1 aromatic heterocycles. The number of rotatable bonds is 4. The van der Waals surface area contributed by atoms with Crippen molar-refractivity contribution in [2.75, 3.05) is 6.61 Å². The van der Waals surface area contributed by atoms with E-state index >= 15 is 0 Å². The standard InChI is InChI=1S/C11H14ClNO2/c1-8(2)7-15-11(14)4-9-3-10(12)6-13-5-9/h3,5-6,8H,4,7H2,1-2H3. The van der Waals surface area contributed by atoms with Gasteiger partial charge in [-0.3, -0.25) is 9.78 Å². The summed E-state index contributed by atoms with van der Waals surface area (Å²) in [5.41, 5.74) is 0.774. The molecular weight excluding hydrogens is 214 g/mol. The van der Waals surface area contributed by atoms with E-state index in [1.807, 2.05) is 13.8 Å². The van der Waals surface area contributed by atoms with Gasteiger partial charge in [0.15, 0.2) is 0 Å². The van der Waals surface area contributed by atoms with Crippen LogP contribution in [0.3, 0.4) is 0 Å². The zero-order valence-corrected chi connectivity index (χ0v) is 9.62. The van der Waals surface area contributed by atoms with Gasteiger partial charge in [-0.1, -0.05) is 25.4 Å². The molecule has 1 aromatic rings. The van der Waals surface area contributed by atoms with Crippen LogP contribution in [0.4, 0.5) is 0 Å². The average Bonchev–Trinajstić information content (AvgIpc) is 2.15. The summed E-state index contributed by atoms with van der Waals surface area (Å²) in [6.07, 6.45) is 3.37. The number of pyridine rings is 1. The number of carbonyl (C=O) groups excluding carboxylic acids is 1. The van der Waals surface area contributed by atoms with E-state index in [9.17, 15) is 4.79 Å². The number of nitrogens with zero attached hydrogens (tertiary/aromatic N) is 1. The Kier molecular flexibility index (Phi) is 4.56. The van der Waals surface area contributed by atoms with Gasteiger partial charge in [0.1, 0.15) is 0 Å². The summed E-state index contributed by atoms with van der Waals surface area (Å²) in [5.74, 6) is 0.110. The van der Waals surface area contributed by atoms with E-state index in [0.717, 1.165) is 5.56 Å². The fourth-order valence-electron chi connectivity index (χ4n) is 1.03. The Morgan fingerprint density at radius 1 is 1.53 bits per heavy atom. The molecule has 0 N–H and O–H groups in total. The fraction of sp³-hybridized carbons (Fsp3) is 0.455. The van der Waals surface area contributed by atoms with Crippen LogP contribution in [0.15, 0.2) is 18.5 Å². The van der Waals surface area contributed by atoms with E-state index in [4.69, 9.17) is 16.3 Å². The van der Waals surface area contributed by atoms with Crippen LogP contribution < -0.4 is 0 Å². The first kappa shape index (κ1) is 12.0. The van der Waals surface area contributed by atoms with Crippen molar-refractivity contribution in [1.82, 2.24) is 4.98 Å². The Morgan fingerprint density at radius 3 is 2.87 bits per heavy atom. The van der Waals surface area contributed by atoms with Gasteiger partial charge >= 0.3 is 5.97 Å². The zero-order valence-electron chi connectivity index (χ0n) is 8.87. The van der Waals surface area contributed by atoms with E-state index in [0.29, 0.717) is 17.5 Å². The lowest BCUT2D eigenvalue weighted by molar-refractivity contribution is -0.143. The first-order chi connectivity index (χ1) is 7.08. The van der Waals surface area contributed by atoms with Crippen molar-refractivity contribution in [2.24, 2.45) is 5.92 Å². The number of aromatic nitrogens is 1. The molecule has 3 nitrogen and oxygen atoms in total. The van der Waals surface area contributed by atoms with Crippen molar-refractivity contribution in [1.29, 1.82) is 0 Å². The van der Waals surface area contributed by atoms with Gasteiger partial charge < -0.3 is 4.74 Å². The summed E-state index contributed by atoms with van der Waals surface area (Å²) < 4.78 is 5.04. The molecule has 0 saturated heterocycles. The predicted octanol–water partition coefficient (Wildman–Crippen LogP) is 2.48. The second-order valence-electron chi connectivity index (χ2n) is 3.77. The third-order valence-corrected chi connectivity index (χ3v) is 1.89. The second kappa shape index (κ2) is 5.71. The highest BCUT2D eigenvalue weighted by atomic mass is 35.5. The first-order valence-corrected chi connectivity index (χ1v) is 5.21. The molecule has 0 aliphatic rings. The molecule has 0 aliphatic carbocycles. The highest BCUT2D eigenvalue weighted by Crippen LogP contribution is 2.09. The molecule has 0 atom stereocenters. The topological polar surface area (TPSA) is 39.2 Å². The monoisotopic (exact) mass is 227 g/mol. The maximum Gasteiger partial charge on any atom is 0.310 e. The number of esters is 1. The summed E-state index contributed by atoms with van der Waals surface area (Å²) in [4.78, 5) is 15.2. The predicted molar refractivity (Wildman–Crippen MR) is 58.7 cm³/mol. The molecule has 0 fully saturated rings. The smallest absolute Gasteiger partial charge is 0.310 e. The van der Waals surface area contributed by atoms with Crippen LogP contribution >= 0.6 is 11.6 Å². The van der Waals surface area contributed by atoms with Gasteiger partial charge in [0.25, 0.3) is 0 Å². The summed E-state index contributed by atoms with van der Waals surface area (Å²) in [7, 11) is 0. The van der Waals surface area contributed by atoms with Gasteiger partial charge in [0.05, 0.1) is 18.1 Å². The second-order valence-corrected chi connectivity index (χ2v) is 4.20. The number of ether oxygens (including phenoxy) is 1. The zero-order chi connectivity index (χ0) is 11.3. The Balaban J connectivity index is 2.44. The third kappa shape index (κ3) is 4.79. The molecule has 0 saturated carbocycles. The first-order valence-electron chi connectivity index (χ1n) is 4.83. The van der Waals surface area contributed by atoms with E-state index in [-0.39, 0.29) is 12.4 Å². The Hall–Kier alpha value is -1.09. The molecule has 0 amide bonds. The minimum absolute atomic E-state index is 0.222. The Labute approximate surface area is 94.4 Å². The van der Waals surface area contributed by atoms with Gasteiger partial charge in [-0.25, -0.2) is 0 Å². The SMILES string of the molecule is CC(C)COC(=O)Cc1cncc(Cl)c1. The molecule has 4 heteroatoms. The molecule has 15 heavy (non-hydrogen) atoms. The van der Waals surface area contributed by atoms with Crippen molar-refractivity contribution in [3.8, 4) is 0 Å². The highest BCUT2D eigenvalue weighted by Gasteiger charge is 2.06. The third-order valence-electron chi connectivity index (χ3n) is 1.69. The fourth-order valence-corrected chi connectivity index (χ4v) is 1.23. The normalized spacial score (nSPS) is 10.4. The van der Waals surface area contributed by atoms with Gasteiger partial charge in [0, 0.05) is 12.4 Å². The molecule has 1 heterocycles. The molecule has 0 radical (unpaired) electrons. The largest absolute Gasteiger partial charge is 0.465 e. The number of carbonyl (C=O) groups is 1. The Morgan fingerprint density at radius 2 is 2.27 bits per heavy atom. The minimum atomic E-state index is -0.243. The number of hydrogen-bond donors (Lipinski definition) is 0. The van der Waals surface area contributed by atoms with Gasteiger partial charge in [-0.15, -0.1) is 0 Å². The van der Waals surface area contributed by atoms with E-state index in [2.05, 4.69) is 4.98 Å². The molecule has 1 rings (SSSR count). The van der Waals surface area contributed by atoms with E-state index in [1.54, 1.807) is 12.3 Å². The molecule has 0 bridgehead atoms. The molecule has 0 spiro atoms.